The Morgan fingerprint density at radius 2 is 2.19 bits per heavy atom. The largest absolute Gasteiger partial charge is 0.492 e. The zero-order chi connectivity index (χ0) is 14.5. The fraction of sp³-hybridized carbons (Fsp3) is 0.353. The maximum absolute atomic E-state index is 8.88. The Morgan fingerprint density at radius 1 is 1.29 bits per heavy atom. The standard InChI is InChI=1S/C17H18N2O2/c18-12-14-3-1-4-16(11-14)21-10-8-19(15-6-7-15)13-17-5-2-9-20-17/h1-5,9,11,15H,6-8,10,13H2. The van der Waals surface area contributed by atoms with Crippen molar-refractivity contribution >= 4 is 0 Å². The first-order chi connectivity index (χ1) is 10.3. The van der Waals surface area contributed by atoms with Gasteiger partial charge >= 0.3 is 0 Å². The molecule has 108 valence electrons. The number of furan rings is 1. The van der Waals surface area contributed by atoms with Gasteiger partial charge in [-0.2, -0.15) is 5.26 Å². The Morgan fingerprint density at radius 3 is 2.90 bits per heavy atom. The molecule has 4 nitrogen and oxygen atoms in total. The molecular formula is C17H18N2O2. The number of hydrogen-bond donors (Lipinski definition) is 0. The average Bonchev–Trinajstić information content (AvgIpc) is 3.24. The molecule has 1 saturated carbocycles. The van der Waals surface area contributed by atoms with Crippen molar-refractivity contribution in [1.82, 2.24) is 4.90 Å². The molecule has 21 heavy (non-hydrogen) atoms. The molecule has 0 saturated heterocycles. The number of rotatable bonds is 7. The van der Waals surface area contributed by atoms with Gasteiger partial charge in [0.1, 0.15) is 18.1 Å². The fourth-order valence-corrected chi connectivity index (χ4v) is 2.37. The van der Waals surface area contributed by atoms with Crippen LogP contribution in [0.3, 0.4) is 0 Å². The van der Waals surface area contributed by atoms with Gasteiger partial charge in [-0.05, 0) is 43.2 Å². The van der Waals surface area contributed by atoms with E-state index >= 15 is 0 Å². The number of nitrogens with zero attached hydrogens (tertiary/aromatic N) is 2. The smallest absolute Gasteiger partial charge is 0.120 e. The topological polar surface area (TPSA) is 49.4 Å². The van der Waals surface area contributed by atoms with Gasteiger partial charge in [0.15, 0.2) is 0 Å². The molecule has 2 aromatic rings. The van der Waals surface area contributed by atoms with E-state index < -0.39 is 0 Å². The highest BCUT2D eigenvalue weighted by Crippen LogP contribution is 2.28. The minimum Gasteiger partial charge on any atom is -0.492 e. The van der Waals surface area contributed by atoms with Gasteiger partial charge in [0, 0.05) is 12.6 Å². The van der Waals surface area contributed by atoms with Gasteiger partial charge < -0.3 is 9.15 Å². The van der Waals surface area contributed by atoms with Gasteiger partial charge in [-0.15, -0.1) is 0 Å². The van der Waals surface area contributed by atoms with Crippen LogP contribution in [0.1, 0.15) is 24.2 Å². The van der Waals surface area contributed by atoms with E-state index in [0.29, 0.717) is 18.2 Å². The summed E-state index contributed by atoms with van der Waals surface area (Å²) in [6.07, 6.45) is 4.22. The lowest BCUT2D eigenvalue weighted by molar-refractivity contribution is 0.184. The summed E-state index contributed by atoms with van der Waals surface area (Å²) in [5, 5.41) is 8.88. The van der Waals surface area contributed by atoms with Crippen molar-refractivity contribution in [3.05, 3.63) is 54.0 Å². The lowest BCUT2D eigenvalue weighted by Crippen LogP contribution is -2.30. The maximum atomic E-state index is 8.88. The molecule has 0 amide bonds. The number of hydrogen-bond acceptors (Lipinski definition) is 4. The lowest BCUT2D eigenvalue weighted by Gasteiger charge is -2.20. The van der Waals surface area contributed by atoms with Crippen LogP contribution in [0.4, 0.5) is 0 Å². The molecule has 0 unspecified atom stereocenters. The lowest BCUT2D eigenvalue weighted by atomic mass is 10.2. The zero-order valence-electron chi connectivity index (χ0n) is 11.9. The molecule has 0 atom stereocenters. The Bertz CT molecular complexity index is 612. The Hall–Kier alpha value is -2.25. The van der Waals surface area contributed by atoms with Gasteiger partial charge in [0.05, 0.1) is 24.4 Å². The molecule has 1 aliphatic rings. The van der Waals surface area contributed by atoms with E-state index in [9.17, 15) is 0 Å². The van der Waals surface area contributed by atoms with E-state index in [4.69, 9.17) is 14.4 Å². The second kappa shape index (κ2) is 6.47. The van der Waals surface area contributed by atoms with Crippen LogP contribution in [-0.2, 0) is 6.54 Å². The summed E-state index contributed by atoms with van der Waals surface area (Å²) >= 11 is 0. The van der Waals surface area contributed by atoms with Crippen molar-refractivity contribution < 1.29 is 9.15 Å². The van der Waals surface area contributed by atoms with Crippen molar-refractivity contribution in [3.63, 3.8) is 0 Å². The van der Waals surface area contributed by atoms with Crippen LogP contribution in [0.5, 0.6) is 5.75 Å². The summed E-state index contributed by atoms with van der Waals surface area (Å²) in [7, 11) is 0. The first-order valence-corrected chi connectivity index (χ1v) is 7.24. The molecule has 4 heteroatoms. The van der Waals surface area contributed by atoms with Crippen molar-refractivity contribution in [2.24, 2.45) is 0 Å². The maximum Gasteiger partial charge on any atom is 0.120 e. The van der Waals surface area contributed by atoms with Crippen LogP contribution in [0.15, 0.2) is 47.1 Å². The van der Waals surface area contributed by atoms with Crippen molar-refractivity contribution in [1.29, 1.82) is 5.26 Å². The fourth-order valence-electron chi connectivity index (χ4n) is 2.37. The normalized spacial score (nSPS) is 14.1. The SMILES string of the molecule is N#Cc1cccc(OCCN(Cc2ccco2)C2CC2)c1. The molecule has 0 N–H and O–H groups in total. The Balaban J connectivity index is 1.51. The summed E-state index contributed by atoms with van der Waals surface area (Å²) in [6.45, 7) is 2.31. The highest BCUT2D eigenvalue weighted by molar-refractivity contribution is 5.36. The first-order valence-electron chi connectivity index (χ1n) is 7.24. The average molecular weight is 282 g/mol. The van der Waals surface area contributed by atoms with E-state index in [-0.39, 0.29) is 0 Å². The molecule has 0 aliphatic heterocycles. The van der Waals surface area contributed by atoms with Crippen LogP contribution >= 0.6 is 0 Å². The molecule has 1 fully saturated rings. The molecule has 1 heterocycles. The van der Waals surface area contributed by atoms with E-state index in [2.05, 4.69) is 11.0 Å². The minimum atomic E-state index is 0.617. The van der Waals surface area contributed by atoms with Crippen LogP contribution in [-0.4, -0.2) is 24.1 Å². The van der Waals surface area contributed by atoms with E-state index in [1.165, 1.54) is 12.8 Å². The van der Waals surface area contributed by atoms with Gasteiger partial charge in [-0.25, -0.2) is 0 Å². The van der Waals surface area contributed by atoms with Crippen LogP contribution < -0.4 is 4.74 Å². The third kappa shape index (κ3) is 3.87. The predicted octanol–water partition coefficient (Wildman–Crippen LogP) is 3.19. The summed E-state index contributed by atoms with van der Waals surface area (Å²) in [5.74, 6) is 1.75. The number of ether oxygens (including phenoxy) is 1. The van der Waals surface area contributed by atoms with Gasteiger partial charge in [-0.1, -0.05) is 6.07 Å². The van der Waals surface area contributed by atoms with Crippen LogP contribution in [0.25, 0.3) is 0 Å². The highest BCUT2D eigenvalue weighted by Gasteiger charge is 2.29. The summed E-state index contributed by atoms with van der Waals surface area (Å²) < 4.78 is 11.2. The molecule has 1 aliphatic carbocycles. The molecular weight excluding hydrogens is 264 g/mol. The summed E-state index contributed by atoms with van der Waals surface area (Å²) in [6, 6.07) is 14.0. The Labute approximate surface area is 124 Å². The summed E-state index contributed by atoms with van der Waals surface area (Å²) in [5.41, 5.74) is 0.627. The van der Waals surface area contributed by atoms with Gasteiger partial charge in [-0.3, -0.25) is 4.90 Å². The molecule has 0 radical (unpaired) electrons. The molecule has 1 aromatic heterocycles. The first kappa shape index (κ1) is 13.7. The molecule has 1 aromatic carbocycles. The third-order valence-electron chi connectivity index (χ3n) is 3.61. The van der Waals surface area contributed by atoms with Crippen LogP contribution in [0, 0.1) is 11.3 Å². The third-order valence-corrected chi connectivity index (χ3v) is 3.61. The second-order valence-electron chi connectivity index (χ2n) is 5.27. The van der Waals surface area contributed by atoms with Crippen LogP contribution in [0.2, 0.25) is 0 Å². The Kier molecular flexibility index (Phi) is 4.23. The number of nitriles is 1. The number of benzene rings is 1. The second-order valence-corrected chi connectivity index (χ2v) is 5.27. The van der Waals surface area contributed by atoms with E-state index in [0.717, 1.165) is 24.6 Å². The minimum absolute atomic E-state index is 0.617. The zero-order valence-corrected chi connectivity index (χ0v) is 11.9. The molecule has 0 spiro atoms. The highest BCUT2D eigenvalue weighted by atomic mass is 16.5. The van der Waals surface area contributed by atoms with Crippen molar-refractivity contribution in [3.8, 4) is 11.8 Å². The van der Waals surface area contributed by atoms with Gasteiger partial charge in [0.25, 0.3) is 0 Å². The molecule has 0 bridgehead atoms. The van der Waals surface area contributed by atoms with Gasteiger partial charge in [0.2, 0.25) is 0 Å². The predicted molar refractivity (Wildman–Crippen MR) is 78.8 cm³/mol. The van der Waals surface area contributed by atoms with Crippen molar-refractivity contribution in [2.45, 2.75) is 25.4 Å². The van der Waals surface area contributed by atoms with E-state index in [1.807, 2.05) is 24.3 Å². The summed E-state index contributed by atoms with van der Waals surface area (Å²) in [4.78, 5) is 2.40. The van der Waals surface area contributed by atoms with E-state index in [1.54, 1.807) is 18.4 Å². The quantitative estimate of drug-likeness (QED) is 0.782. The molecule has 3 rings (SSSR count). The van der Waals surface area contributed by atoms with Crippen molar-refractivity contribution in [2.75, 3.05) is 13.2 Å². The monoisotopic (exact) mass is 282 g/mol.